The van der Waals surface area contributed by atoms with Crippen molar-refractivity contribution >= 4 is 5.91 Å². The Hall–Kier alpha value is -1.55. The summed E-state index contributed by atoms with van der Waals surface area (Å²) in [7, 11) is 0. The lowest BCUT2D eigenvalue weighted by Gasteiger charge is -2.25. The van der Waals surface area contributed by atoms with Crippen molar-refractivity contribution < 1.29 is 15.0 Å². The van der Waals surface area contributed by atoms with E-state index < -0.39 is 0 Å². The summed E-state index contributed by atoms with van der Waals surface area (Å²) in [5, 5.41) is 21.4. The minimum absolute atomic E-state index is 0.0473. The van der Waals surface area contributed by atoms with Crippen LogP contribution in [0.3, 0.4) is 0 Å². The summed E-state index contributed by atoms with van der Waals surface area (Å²) < 4.78 is 0. The molecule has 0 fully saturated rings. The van der Waals surface area contributed by atoms with E-state index >= 15 is 0 Å². The van der Waals surface area contributed by atoms with E-state index in [9.17, 15) is 15.0 Å². The summed E-state index contributed by atoms with van der Waals surface area (Å²) in [5.74, 6) is 0.00704. The van der Waals surface area contributed by atoms with Crippen molar-refractivity contribution in [3.8, 4) is 5.75 Å². The van der Waals surface area contributed by atoms with Gasteiger partial charge in [-0.1, -0.05) is 32.9 Å². The number of hydrogen-bond donors (Lipinski definition) is 3. The number of carbonyl (C=O) groups excluding carboxylic acids is 1. The fourth-order valence-corrected chi connectivity index (χ4v) is 2.03. The van der Waals surface area contributed by atoms with Crippen molar-refractivity contribution in [2.75, 3.05) is 6.61 Å². The van der Waals surface area contributed by atoms with E-state index in [4.69, 9.17) is 0 Å². The predicted molar refractivity (Wildman–Crippen MR) is 74.9 cm³/mol. The second-order valence-corrected chi connectivity index (χ2v) is 6.06. The number of aliphatic hydroxyl groups excluding tert-OH is 1. The third kappa shape index (κ3) is 6.25. The highest BCUT2D eigenvalue weighted by Gasteiger charge is 2.19. The van der Waals surface area contributed by atoms with Gasteiger partial charge >= 0.3 is 0 Å². The summed E-state index contributed by atoms with van der Waals surface area (Å²) in [6.45, 7) is 6.13. The van der Waals surface area contributed by atoms with Gasteiger partial charge in [0.05, 0.1) is 19.1 Å². The van der Waals surface area contributed by atoms with Gasteiger partial charge in [-0.3, -0.25) is 4.79 Å². The molecular weight excluding hydrogens is 242 g/mol. The highest BCUT2D eigenvalue weighted by Crippen LogP contribution is 2.20. The molecule has 0 aliphatic rings. The van der Waals surface area contributed by atoms with Crippen LogP contribution in [0.2, 0.25) is 0 Å². The molecule has 3 N–H and O–H groups in total. The van der Waals surface area contributed by atoms with Crippen LogP contribution in [0.4, 0.5) is 0 Å². The Morgan fingerprint density at radius 3 is 2.58 bits per heavy atom. The van der Waals surface area contributed by atoms with Crippen LogP contribution < -0.4 is 5.32 Å². The Balaban J connectivity index is 2.54. The molecule has 0 aliphatic carbocycles. The number of rotatable bonds is 5. The van der Waals surface area contributed by atoms with Crippen LogP contribution in [-0.2, 0) is 11.2 Å². The van der Waals surface area contributed by atoms with Gasteiger partial charge < -0.3 is 15.5 Å². The van der Waals surface area contributed by atoms with Crippen LogP contribution in [0.25, 0.3) is 0 Å². The van der Waals surface area contributed by atoms with E-state index in [0.29, 0.717) is 0 Å². The molecule has 1 aromatic rings. The zero-order chi connectivity index (χ0) is 14.5. The number of benzene rings is 1. The smallest absolute Gasteiger partial charge is 0.224 e. The SMILES string of the molecule is CC(C)(C)CC(CO)NC(=O)Cc1cccc(O)c1. The van der Waals surface area contributed by atoms with Crippen molar-refractivity contribution in [3.05, 3.63) is 29.8 Å². The number of phenolic OH excluding ortho intramolecular Hbond substituents is 1. The van der Waals surface area contributed by atoms with E-state index in [1.54, 1.807) is 24.3 Å². The average molecular weight is 265 g/mol. The third-order valence-electron chi connectivity index (χ3n) is 2.72. The second-order valence-electron chi connectivity index (χ2n) is 6.06. The Labute approximate surface area is 114 Å². The minimum atomic E-state index is -0.232. The predicted octanol–water partition coefficient (Wildman–Crippen LogP) is 1.85. The molecule has 0 bridgehead atoms. The van der Waals surface area contributed by atoms with Crippen molar-refractivity contribution in [3.63, 3.8) is 0 Å². The fraction of sp³-hybridized carbons (Fsp3) is 0.533. The maximum absolute atomic E-state index is 11.9. The molecule has 19 heavy (non-hydrogen) atoms. The van der Waals surface area contributed by atoms with Gasteiger partial charge in [-0.25, -0.2) is 0 Å². The first-order valence-electron chi connectivity index (χ1n) is 6.48. The molecule has 1 atom stereocenters. The van der Waals surface area contributed by atoms with Crippen molar-refractivity contribution in [2.24, 2.45) is 5.41 Å². The van der Waals surface area contributed by atoms with Gasteiger partial charge in [-0.15, -0.1) is 0 Å². The zero-order valence-corrected chi connectivity index (χ0v) is 11.8. The van der Waals surface area contributed by atoms with Crippen LogP contribution in [0.1, 0.15) is 32.8 Å². The highest BCUT2D eigenvalue weighted by molar-refractivity contribution is 5.79. The van der Waals surface area contributed by atoms with Gasteiger partial charge in [0.2, 0.25) is 5.91 Å². The van der Waals surface area contributed by atoms with Gasteiger partial charge in [0.1, 0.15) is 5.75 Å². The first kappa shape index (κ1) is 15.5. The Kier molecular flexibility index (Phi) is 5.36. The van der Waals surface area contributed by atoms with Gasteiger partial charge in [0, 0.05) is 0 Å². The van der Waals surface area contributed by atoms with Crippen LogP contribution in [0.15, 0.2) is 24.3 Å². The molecule has 106 valence electrons. The Bertz CT molecular complexity index is 424. The van der Waals surface area contributed by atoms with Crippen molar-refractivity contribution in [1.82, 2.24) is 5.32 Å². The van der Waals surface area contributed by atoms with Gasteiger partial charge in [-0.2, -0.15) is 0 Å². The normalized spacial score (nSPS) is 13.1. The average Bonchev–Trinajstić information content (AvgIpc) is 2.26. The summed E-state index contributed by atoms with van der Waals surface area (Å²) >= 11 is 0. The monoisotopic (exact) mass is 265 g/mol. The lowest BCUT2D eigenvalue weighted by molar-refractivity contribution is -0.121. The van der Waals surface area contributed by atoms with E-state index in [0.717, 1.165) is 12.0 Å². The largest absolute Gasteiger partial charge is 0.508 e. The molecule has 0 saturated carbocycles. The van der Waals surface area contributed by atoms with Crippen LogP contribution in [-0.4, -0.2) is 28.8 Å². The molecule has 1 amide bonds. The van der Waals surface area contributed by atoms with E-state index in [1.807, 2.05) is 0 Å². The van der Waals surface area contributed by atoms with Crippen LogP contribution in [0.5, 0.6) is 5.75 Å². The summed E-state index contributed by atoms with van der Waals surface area (Å²) in [5.41, 5.74) is 0.802. The van der Waals surface area contributed by atoms with E-state index in [2.05, 4.69) is 26.1 Å². The topological polar surface area (TPSA) is 69.6 Å². The minimum Gasteiger partial charge on any atom is -0.508 e. The molecule has 0 radical (unpaired) electrons. The number of aliphatic hydroxyl groups is 1. The van der Waals surface area contributed by atoms with Gasteiger partial charge in [-0.05, 0) is 29.5 Å². The molecule has 0 aromatic heterocycles. The summed E-state index contributed by atoms with van der Waals surface area (Å²) in [4.78, 5) is 11.9. The maximum atomic E-state index is 11.9. The molecule has 0 spiro atoms. The number of hydrogen-bond acceptors (Lipinski definition) is 3. The Morgan fingerprint density at radius 1 is 1.37 bits per heavy atom. The lowest BCUT2D eigenvalue weighted by atomic mass is 9.88. The van der Waals surface area contributed by atoms with E-state index in [-0.39, 0.29) is 36.1 Å². The second kappa shape index (κ2) is 6.57. The van der Waals surface area contributed by atoms with Gasteiger partial charge in [0.25, 0.3) is 0 Å². The number of amides is 1. The molecule has 0 aliphatic heterocycles. The first-order valence-corrected chi connectivity index (χ1v) is 6.48. The zero-order valence-electron chi connectivity index (χ0n) is 11.8. The lowest BCUT2D eigenvalue weighted by Crippen LogP contribution is -2.40. The number of nitrogens with one attached hydrogen (secondary N) is 1. The number of aromatic hydroxyl groups is 1. The van der Waals surface area contributed by atoms with E-state index in [1.165, 1.54) is 0 Å². The quantitative estimate of drug-likeness (QED) is 0.761. The molecule has 4 nitrogen and oxygen atoms in total. The fourth-order valence-electron chi connectivity index (χ4n) is 2.03. The summed E-state index contributed by atoms with van der Waals surface area (Å²) in [6, 6.07) is 6.40. The third-order valence-corrected chi connectivity index (χ3v) is 2.72. The molecule has 1 unspecified atom stereocenters. The van der Waals surface area contributed by atoms with Crippen molar-refractivity contribution in [1.29, 1.82) is 0 Å². The van der Waals surface area contributed by atoms with Gasteiger partial charge in [0.15, 0.2) is 0 Å². The molecule has 0 heterocycles. The Morgan fingerprint density at radius 2 is 2.05 bits per heavy atom. The molecular formula is C15H23NO3. The number of phenols is 1. The molecule has 1 aromatic carbocycles. The molecule has 0 saturated heterocycles. The highest BCUT2D eigenvalue weighted by atomic mass is 16.3. The van der Waals surface area contributed by atoms with Crippen LogP contribution >= 0.6 is 0 Å². The maximum Gasteiger partial charge on any atom is 0.224 e. The number of carbonyl (C=O) groups is 1. The molecule has 1 rings (SSSR count). The van der Waals surface area contributed by atoms with Crippen molar-refractivity contribution in [2.45, 2.75) is 39.7 Å². The molecule has 4 heteroatoms. The summed E-state index contributed by atoms with van der Waals surface area (Å²) in [6.07, 6.45) is 0.921. The standard InChI is InChI=1S/C15H23NO3/c1-15(2,3)9-12(10-17)16-14(19)8-11-5-4-6-13(18)7-11/h4-7,12,17-18H,8-10H2,1-3H3,(H,16,19). The first-order chi connectivity index (χ1) is 8.80. The van der Waals surface area contributed by atoms with Crippen LogP contribution in [0, 0.1) is 5.41 Å².